The maximum Gasteiger partial charge on any atom is 0.274 e. The van der Waals surface area contributed by atoms with Gasteiger partial charge in [-0.2, -0.15) is 0 Å². The van der Waals surface area contributed by atoms with Crippen LogP contribution in [0.4, 0.5) is 0 Å². The van der Waals surface area contributed by atoms with E-state index in [1.54, 1.807) is 0 Å². The number of imidazole rings is 1. The number of nitrogens with zero attached hydrogens (tertiary/aromatic N) is 3. The van der Waals surface area contributed by atoms with E-state index in [1.165, 1.54) is 5.56 Å². The van der Waals surface area contributed by atoms with Crippen LogP contribution in [-0.4, -0.2) is 33.4 Å². The molecule has 2 aliphatic rings. The molecular weight excluding hydrogens is 362 g/mol. The van der Waals surface area contributed by atoms with Gasteiger partial charge in [-0.25, -0.2) is 4.98 Å². The minimum absolute atomic E-state index is 0.0864. The predicted octanol–water partition coefficient (Wildman–Crippen LogP) is 4.64. The minimum Gasteiger partial charge on any atom is -0.457 e. The Morgan fingerprint density at radius 2 is 1.69 bits per heavy atom. The number of amides is 1. The Bertz CT molecular complexity index is 989. The Hall–Kier alpha value is -3.08. The quantitative estimate of drug-likeness (QED) is 0.655. The maximum absolute atomic E-state index is 12.6. The van der Waals surface area contributed by atoms with Crippen molar-refractivity contribution in [3.63, 3.8) is 0 Å². The highest BCUT2D eigenvalue weighted by Gasteiger charge is 2.26. The van der Waals surface area contributed by atoms with Crippen molar-refractivity contribution in [2.45, 2.75) is 38.1 Å². The van der Waals surface area contributed by atoms with E-state index >= 15 is 0 Å². The molecule has 0 bridgehead atoms. The monoisotopic (exact) mass is 387 g/mol. The van der Waals surface area contributed by atoms with Crippen molar-refractivity contribution in [1.82, 2.24) is 14.5 Å². The van der Waals surface area contributed by atoms with E-state index in [-0.39, 0.29) is 5.91 Å². The van der Waals surface area contributed by atoms with Crippen molar-refractivity contribution < 1.29 is 9.53 Å². The van der Waals surface area contributed by atoms with E-state index in [1.807, 2.05) is 53.6 Å². The summed E-state index contributed by atoms with van der Waals surface area (Å²) in [5.41, 5.74) is 1.91. The molecule has 2 aliphatic heterocycles. The number of aryl methyl sites for hydroxylation is 1. The van der Waals surface area contributed by atoms with E-state index < -0.39 is 0 Å². The van der Waals surface area contributed by atoms with Gasteiger partial charge in [0.05, 0.1) is 0 Å². The first-order valence-electron chi connectivity index (χ1n) is 10.4. The molecule has 5 nitrogen and oxygen atoms in total. The summed E-state index contributed by atoms with van der Waals surface area (Å²) in [7, 11) is 0. The molecule has 0 saturated carbocycles. The molecule has 1 fully saturated rings. The fraction of sp³-hybridized carbons (Fsp3) is 0.333. The highest BCUT2D eigenvalue weighted by atomic mass is 16.5. The standard InChI is InChI=1S/C24H25N3O2/c28-24(26-14-4-5-15-26)22-17-27-16-19(10-13-23(27)25-22)18-8-11-21(12-9-18)29-20-6-2-1-3-7-20/h1-3,6-9,11-12,17,19H,4-5,10,13-16H2/t19-/m0/s1. The highest BCUT2D eigenvalue weighted by Crippen LogP contribution is 2.31. The zero-order valence-electron chi connectivity index (χ0n) is 16.5. The van der Waals surface area contributed by atoms with E-state index in [4.69, 9.17) is 4.74 Å². The third-order valence-electron chi connectivity index (χ3n) is 5.94. The summed E-state index contributed by atoms with van der Waals surface area (Å²) in [6, 6.07) is 18.2. The number of fused-ring (bicyclic) bond motifs is 1. The second kappa shape index (κ2) is 7.74. The summed E-state index contributed by atoms with van der Waals surface area (Å²) in [6.45, 7) is 2.59. The number of rotatable bonds is 4. The number of benzene rings is 2. The molecule has 5 rings (SSSR count). The molecule has 0 radical (unpaired) electrons. The predicted molar refractivity (Wildman–Crippen MR) is 111 cm³/mol. The van der Waals surface area contributed by atoms with Crippen LogP contribution in [0.25, 0.3) is 0 Å². The van der Waals surface area contributed by atoms with Crippen LogP contribution in [0.5, 0.6) is 11.5 Å². The third-order valence-corrected chi connectivity index (χ3v) is 5.94. The Balaban J connectivity index is 1.27. The molecule has 1 atom stereocenters. The van der Waals surface area contributed by atoms with Crippen LogP contribution >= 0.6 is 0 Å². The average molecular weight is 387 g/mol. The molecule has 0 N–H and O–H groups in total. The largest absolute Gasteiger partial charge is 0.457 e. The number of carbonyl (C=O) groups excluding carboxylic acids is 1. The van der Waals surface area contributed by atoms with Gasteiger partial charge in [0.1, 0.15) is 23.0 Å². The maximum atomic E-state index is 12.6. The highest BCUT2D eigenvalue weighted by molar-refractivity contribution is 5.92. The van der Waals surface area contributed by atoms with Crippen LogP contribution in [-0.2, 0) is 13.0 Å². The van der Waals surface area contributed by atoms with Gasteiger partial charge in [-0.3, -0.25) is 4.79 Å². The molecule has 3 heterocycles. The van der Waals surface area contributed by atoms with Gasteiger partial charge in [-0.15, -0.1) is 0 Å². The molecule has 1 amide bonds. The molecule has 3 aromatic rings. The lowest BCUT2D eigenvalue weighted by atomic mass is 9.91. The number of ether oxygens (including phenoxy) is 1. The zero-order chi connectivity index (χ0) is 19.6. The topological polar surface area (TPSA) is 47.4 Å². The van der Waals surface area contributed by atoms with Gasteiger partial charge in [0, 0.05) is 38.2 Å². The minimum atomic E-state index is 0.0864. The summed E-state index contributed by atoms with van der Waals surface area (Å²) < 4.78 is 8.07. The average Bonchev–Trinajstić information content (AvgIpc) is 3.44. The molecule has 29 heavy (non-hydrogen) atoms. The lowest BCUT2D eigenvalue weighted by Crippen LogP contribution is -2.27. The summed E-state index contributed by atoms with van der Waals surface area (Å²) in [5, 5.41) is 0. The van der Waals surface area contributed by atoms with Crippen LogP contribution in [0.15, 0.2) is 60.8 Å². The second-order valence-electron chi connectivity index (χ2n) is 7.91. The number of aromatic nitrogens is 2. The van der Waals surface area contributed by atoms with Crippen LogP contribution in [0, 0.1) is 0 Å². The number of likely N-dealkylation sites (tertiary alicyclic amines) is 1. The Kier molecular flexibility index (Phi) is 4.80. The molecule has 5 heteroatoms. The summed E-state index contributed by atoms with van der Waals surface area (Å²) in [4.78, 5) is 19.2. The van der Waals surface area contributed by atoms with Crippen molar-refractivity contribution in [2.24, 2.45) is 0 Å². The van der Waals surface area contributed by atoms with Gasteiger partial charge in [0.15, 0.2) is 0 Å². The molecule has 1 saturated heterocycles. The molecule has 2 aromatic carbocycles. The lowest BCUT2D eigenvalue weighted by Gasteiger charge is -2.24. The van der Waals surface area contributed by atoms with Crippen molar-refractivity contribution >= 4 is 5.91 Å². The van der Waals surface area contributed by atoms with E-state index in [9.17, 15) is 4.79 Å². The van der Waals surface area contributed by atoms with Crippen molar-refractivity contribution in [3.05, 3.63) is 77.9 Å². The van der Waals surface area contributed by atoms with Gasteiger partial charge >= 0.3 is 0 Å². The van der Waals surface area contributed by atoms with Crippen LogP contribution in [0.2, 0.25) is 0 Å². The van der Waals surface area contributed by atoms with Crippen LogP contribution in [0.1, 0.15) is 47.1 Å². The van der Waals surface area contributed by atoms with Gasteiger partial charge in [-0.05, 0) is 49.1 Å². The first kappa shape index (κ1) is 18.0. The van der Waals surface area contributed by atoms with E-state index in [2.05, 4.69) is 21.7 Å². The molecule has 0 aliphatic carbocycles. The number of carbonyl (C=O) groups is 1. The number of para-hydroxylation sites is 1. The van der Waals surface area contributed by atoms with Crippen LogP contribution in [0.3, 0.4) is 0 Å². The SMILES string of the molecule is O=C(c1cn2c(n1)CC[C@H](c1ccc(Oc3ccccc3)cc1)C2)N1CCCC1. The third kappa shape index (κ3) is 3.77. The Morgan fingerprint density at radius 1 is 0.966 bits per heavy atom. The lowest BCUT2D eigenvalue weighted by molar-refractivity contribution is 0.0787. The Labute approximate surface area is 170 Å². The molecule has 0 spiro atoms. The first-order valence-corrected chi connectivity index (χ1v) is 10.4. The van der Waals surface area contributed by atoms with Gasteiger partial charge in [0.2, 0.25) is 0 Å². The van der Waals surface area contributed by atoms with Crippen LogP contribution < -0.4 is 4.74 Å². The number of hydrogen-bond donors (Lipinski definition) is 0. The summed E-state index contributed by atoms with van der Waals surface area (Å²) in [5.74, 6) is 3.24. The Morgan fingerprint density at radius 3 is 2.45 bits per heavy atom. The first-order chi connectivity index (χ1) is 14.3. The summed E-state index contributed by atoms with van der Waals surface area (Å²) >= 11 is 0. The fourth-order valence-electron chi connectivity index (χ4n) is 4.33. The van der Waals surface area contributed by atoms with Gasteiger partial charge < -0.3 is 14.2 Å². The van der Waals surface area contributed by atoms with E-state index in [0.29, 0.717) is 11.6 Å². The normalized spacial score (nSPS) is 18.5. The van der Waals surface area contributed by atoms with Gasteiger partial charge in [-0.1, -0.05) is 30.3 Å². The van der Waals surface area contributed by atoms with Crippen molar-refractivity contribution in [3.8, 4) is 11.5 Å². The molecular formula is C24H25N3O2. The van der Waals surface area contributed by atoms with Crippen molar-refractivity contribution in [1.29, 1.82) is 0 Å². The van der Waals surface area contributed by atoms with Gasteiger partial charge in [0.25, 0.3) is 5.91 Å². The number of hydrogen-bond acceptors (Lipinski definition) is 3. The summed E-state index contributed by atoms with van der Waals surface area (Å²) in [6.07, 6.45) is 6.11. The zero-order valence-corrected chi connectivity index (χ0v) is 16.5. The van der Waals surface area contributed by atoms with Crippen molar-refractivity contribution in [2.75, 3.05) is 13.1 Å². The van der Waals surface area contributed by atoms with E-state index in [0.717, 1.165) is 62.6 Å². The molecule has 0 unspecified atom stereocenters. The second-order valence-corrected chi connectivity index (χ2v) is 7.91. The molecule has 148 valence electrons. The smallest absolute Gasteiger partial charge is 0.274 e. The fourth-order valence-corrected chi connectivity index (χ4v) is 4.33. The molecule has 1 aromatic heterocycles.